The fourth-order valence-electron chi connectivity index (χ4n) is 4.98. The van der Waals surface area contributed by atoms with Gasteiger partial charge in [0, 0.05) is 24.0 Å². The number of carbonyl (C=O) groups excluding carboxylic acids is 1. The molecule has 2 aromatic heterocycles. The number of piperidine rings is 1. The summed E-state index contributed by atoms with van der Waals surface area (Å²) in [5, 5.41) is 10.0. The van der Waals surface area contributed by atoms with Gasteiger partial charge in [-0.3, -0.25) is 4.79 Å². The van der Waals surface area contributed by atoms with Crippen LogP contribution in [0.1, 0.15) is 40.3 Å². The molecule has 2 aromatic carbocycles. The van der Waals surface area contributed by atoms with Crippen molar-refractivity contribution in [2.24, 2.45) is 11.7 Å². The number of oxazole rings is 1. The van der Waals surface area contributed by atoms with Gasteiger partial charge in [0.25, 0.3) is 5.91 Å². The number of nitrogens with two attached hydrogens (primary N) is 1. The van der Waals surface area contributed by atoms with Crippen LogP contribution in [0.5, 0.6) is 11.5 Å². The Kier molecular flexibility index (Phi) is 7.17. The van der Waals surface area contributed by atoms with Crippen molar-refractivity contribution >= 4 is 16.8 Å². The highest BCUT2D eigenvalue weighted by Crippen LogP contribution is 2.37. The third-order valence-electron chi connectivity index (χ3n) is 6.98. The van der Waals surface area contributed by atoms with E-state index in [0.717, 1.165) is 30.9 Å². The number of hydrogen-bond donors (Lipinski definition) is 2. The van der Waals surface area contributed by atoms with Crippen LogP contribution in [0.25, 0.3) is 22.4 Å². The molecular weight excluding hydrogens is 513 g/mol. The molecule has 1 aliphatic rings. The smallest absolute Gasteiger partial charge is 0.433 e. The van der Waals surface area contributed by atoms with Crippen LogP contribution >= 0.6 is 0 Å². The first-order valence-electron chi connectivity index (χ1n) is 12.5. The predicted molar refractivity (Wildman–Crippen MR) is 137 cm³/mol. The highest BCUT2D eigenvalue weighted by Gasteiger charge is 2.33. The van der Waals surface area contributed by atoms with Crippen molar-refractivity contribution in [3.05, 3.63) is 71.2 Å². The van der Waals surface area contributed by atoms with Crippen LogP contribution in [-0.4, -0.2) is 46.1 Å². The Morgan fingerprint density at radius 2 is 1.92 bits per heavy atom. The lowest BCUT2D eigenvalue weighted by Gasteiger charge is -2.31. The van der Waals surface area contributed by atoms with Gasteiger partial charge in [-0.15, -0.1) is 0 Å². The number of hydrogen-bond acceptors (Lipinski definition) is 7. The molecule has 0 spiro atoms. The molecule has 0 bridgehead atoms. The van der Waals surface area contributed by atoms with Gasteiger partial charge in [0.05, 0.1) is 13.7 Å². The number of likely N-dealkylation sites (tertiary alicyclic amines) is 1. The minimum atomic E-state index is -4.62. The standard InChI is InChI=1S/C28H27F3N4O4/c1-38-21-7-5-20(19-6-8-23(28(29,30)31)33-24(19)21)26-34-25(22(15-32)39-26)27(37)35-11-9-16(10-12-35)13-17-3-2-4-18(36)14-17/h2-8,14,16,36H,9-13,15,32H2,1H3. The number of phenols is 1. The molecule has 0 aliphatic carbocycles. The number of pyridine rings is 1. The molecule has 8 nitrogen and oxygen atoms in total. The van der Waals surface area contributed by atoms with Crippen LogP contribution in [0.15, 0.2) is 52.9 Å². The van der Waals surface area contributed by atoms with Gasteiger partial charge in [-0.2, -0.15) is 13.2 Å². The summed E-state index contributed by atoms with van der Waals surface area (Å²) in [6.45, 7) is 0.987. The van der Waals surface area contributed by atoms with Crippen molar-refractivity contribution in [2.45, 2.75) is 32.0 Å². The lowest BCUT2D eigenvalue weighted by Crippen LogP contribution is -2.39. The molecule has 1 fully saturated rings. The van der Waals surface area contributed by atoms with Crippen LogP contribution in [0, 0.1) is 5.92 Å². The van der Waals surface area contributed by atoms with Crippen molar-refractivity contribution in [1.82, 2.24) is 14.9 Å². The molecule has 4 aromatic rings. The molecule has 1 amide bonds. The van der Waals surface area contributed by atoms with Crippen LogP contribution in [0.3, 0.4) is 0 Å². The molecule has 5 rings (SSSR count). The maximum atomic E-state index is 13.4. The molecule has 3 heterocycles. The monoisotopic (exact) mass is 540 g/mol. The summed E-state index contributed by atoms with van der Waals surface area (Å²) in [7, 11) is 1.34. The van der Waals surface area contributed by atoms with Gasteiger partial charge < -0.3 is 24.9 Å². The normalized spacial score (nSPS) is 14.6. The van der Waals surface area contributed by atoms with Crippen LogP contribution in [0.4, 0.5) is 13.2 Å². The van der Waals surface area contributed by atoms with Gasteiger partial charge in [0.1, 0.15) is 22.7 Å². The summed E-state index contributed by atoms with van der Waals surface area (Å²) >= 11 is 0. The molecule has 204 valence electrons. The summed E-state index contributed by atoms with van der Waals surface area (Å²) in [6.07, 6.45) is -2.23. The second-order valence-electron chi connectivity index (χ2n) is 9.51. The molecule has 1 saturated heterocycles. The Hall–Kier alpha value is -4.12. The Morgan fingerprint density at radius 1 is 1.15 bits per heavy atom. The van der Waals surface area contributed by atoms with Crippen LogP contribution in [-0.2, 0) is 19.1 Å². The Bertz CT molecular complexity index is 1510. The van der Waals surface area contributed by atoms with E-state index < -0.39 is 11.9 Å². The van der Waals surface area contributed by atoms with E-state index in [0.29, 0.717) is 30.0 Å². The Morgan fingerprint density at radius 3 is 2.59 bits per heavy atom. The van der Waals surface area contributed by atoms with Crippen molar-refractivity contribution in [2.75, 3.05) is 20.2 Å². The van der Waals surface area contributed by atoms with Crippen molar-refractivity contribution < 1.29 is 32.2 Å². The van der Waals surface area contributed by atoms with Crippen molar-refractivity contribution in [1.29, 1.82) is 0 Å². The summed E-state index contributed by atoms with van der Waals surface area (Å²) in [6, 6.07) is 12.4. The number of nitrogens with zero attached hydrogens (tertiary/aromatic N) is 3. The topological polar surface area (TPSA) is 115 Å². The highest BCUT2D eigenvalue weighted by molar-refractivity contribution is 5.98. The zero-order chi connectivity index (χ0) is 27.7. The minimum absolute atomic E-state index is 0.000919. The Labute approximate surface area is 222 Å². The zero-order valence-corrected chi connectivity index (χ0v) is 21.2. The van der Waals surface area contributed by atoms with Crippen LogP contribution in [0.2, 0.25) is 0 Å². The second-order valence-corrected chi connectivity index (χ2v) is 9.51. The summed E-state index contributed by atoms with van der Waals surface area (Å²) < 4.78 is 51.0. The van der Waals surface area contributed by atoms with Crippen molar-refractivity contribution in [3.8, 4) is 23.0 Å². The van der Waals surface area contributed by atoms with Gasteiger partial charge >= 0.3 is 6.18 Å². The summed E-state index contributed by atoms with van der Waals surface area (Å²) in [5.41, 5.74) is 6.32. The number of methoxy groups -OCH3 is 1. The summed E-state index contributed by atoms with van der Waals surface area (Å²) in [5.74, 6) is 0.717. The van der Waals surface area contributed by atoms with Gasteiger partial charge in [-0.25, -0.2) is 9.97 Å². The number of benzene rings is 2. The van der Waals surface area contributed by atoms with Gasteiger partial charge in [-0.1, -0.05) is 12.1 Å². The fourth-order valence-corrected chi connectivity index (χ4v) is 4.98. The minimum Gasteiger partial charge on any atom is -0.508 e. The molecule has 0 atom stereocenters. The predicted octanol–water partition coefficient (Wildman–Crippen LogP) is 5.18. The van der Waals surface area contributed by atoms with Gasteiger partial charge in [-0.05, 0) is 67.1 Å². The first-order chi connectivity index (χ1) is 18.7. The Balaban J connectivity index is 1.39. The lowest BCUT2D eigenvalue weighted by atomic mass is 9.90. The molecule has 39 heavy (non-hydrogen) atoms. The second kappa shape index (κ2) is 10.6. The zero-order valence-electron chi connectivity index (χ0n) is 21.2. The van der Waals surface area contributed by atoms with Crippen molar-refractivity contribution in [3.63, 3.8) is 0 Å². The quantitative estimate of drug-likeness (QED) is 0.347. The number of ether oxygens (including phenoxy) is 1. The average molecular weight is 541 g/mol. The van der Waals surface area contributed by atoms with Gasteiger partial charge in [0.2, 0.25) is 5.89 Å². The molecule has 0 radical (unpaired) electrons. The van der Waals surface area contributed by atoms with E-state index in [-0.39, 0.29) is 46.8 Å². The largest absolute Gasteiger partial charge is 0.508 e. The maximum Gasteiger partial charge on any atom is 0.433 e. The first kappa shape index (κ1) is 26.5. The maximum absolute atomic E-state index is 13.4. The third kappa shape index (κ3) is 5.40. The van der Waals surface area contributed by atoms with E-state index >= 15 is 0 Å². The molecule has 0 saturated carbocycles. The number of aromatic nitrogens is 2. The first-order valence-corrected chi connectivity index (χ1v) is 12.5. The number of fused-ring (bicyclic) bond motifs is 1. The number of aromatic hydroxyl groups is 1. The number of phenolic OH excluding ortho intramolecular Hbond substituents is 1. The number of amides is 1. The number of halogens is 3. The van der Waals surface area contributed by atoms with E-state index in [1.807, 2.05) is 12.1 Å². The van der Waals surface area contributed by atoms with E-state index in [1.54, 1.807) is 23.1 Å². The number of alkyl halides is 3. The molecule has 3 N–H and O–H groups in total. The lowest BCUT2D eigenvalue weighted by molar-refractivity contribution is -0.140. The van der Waals surface area contributed by atoms with E-state index in [1.165, 1.54) is 19.2 Å². The molecule has 11 heteroatoms. The van der Waals surface area contributed by atoms with E-state index in [9.17, 15) is 23.1 Å². The SMILES string of the molecule is COc1ccc(-c2nc(C(=O)N3CCC(Cc4cccc(O)c4)CC3)c(CN)o2)c2ccc(C(F)(F)F)nc12. The van der Waals surface area contributed by atoms with E-state index in [2.05, 4.69) is 9.97 Å². The molecule has 0 unspecified atom stereocenters. The number of carbonyl (C=O) groups is 1. The van der Waals surface area contributed by atoms with E-state index in [4.69, 9.17) is 14.9 Å². The van der Waals surface area contributed by atoms with Gasteiger partial charge in [0.15, 0.2) is 11.5 Å². The molecule has 1 aliphatic heterocycles. The fraction of sp³-hybridized carbons (Fsp3) is 0.321. The number of rotatable bonds is 6. The average Bonchev–Trinajstić information content (AvgIpc) is 3.36. The highest BCUT2D eigenvalue weighted by atomic mass is 19.4. The van der Waals surface area contributed by atoms with Crippen LogP contribution < -0.4 is 10.5 Å². The third-order valence-corrected chi connectivity index (χ3v) is 6.98. The summed E-state index contributed by atoms with van der Waals surface area (Å²) in [4.78, 5) is 23.3. The molecular formula is C28H27F3N4O4.